The van der Waals surface area contributed by atoms with E-state index in [0.717, 1.165) is 31.2 Å². The third-order valence-corrected chi connectivity index (χ3v) is 3.68. The van der Waals surface area contributed by atoms with E-state index in [9.17, 15) is 0 Å². The molecule has 2 nitrogen and oxygen atoms in total. The fraction of sp³-hybridized carbons (Fsp3) is 0.647. The molecule has 19 heavy (non-hydrogen) atoms. The molecule has 0 bridgehead atoms. The number of nitrogens with one attached hydrogen (secondary N) is 1. The van der Waals surface area contributed by atoms with Crippen LogP contribution in [-0.2, 0) is 0 Å². The van der Waals surface area contributed by atoms with Gasteiger partial charge in [-0.05, 0) is 50.8 Å². The summed E-state index contributed by atoms with van der Waals surface area (Å²) in [4.78, 5) is 0. The van der Waals surface area contributed by atoms with Crippen molar-refractivity contribution in [1.82, 2.24) is 5.32 Å². The quantitative estimate of drug-likeness (QED) is 0.637. The lowest BCUT2D eigenvalue weighted by atomic mass is 9.93. The van der Waals surface area contributed by atoms with Gasteiger partial charge in [-0.15, -0.1) is 0 Å². The van der Waals surface area contributed by atoms with E-state index >= 15 is 0 Å². The van der Waals surface area contributed by atoms with Crippen molar-refractivity contribution in [2.24, 2.45) is 5.92 Å². The van der Waals surface area contributed by atoms with Crippen molar-refractivity contribution in [1.29, 1.82) is 0 Å². The second-order valence-electron chi connectivity index (χ2n) is 5.21. The molecule has 1 rings (SSSR count). The van der Waals surface area contributed by atoms with Crippen molar-refractivity contribution in [3.05, 3.63) is 30.3 Å². The molecule has 108 valence electrons. The maximum absolute atomic E-state index is 5.74. The van der Waals surface area contributed by atoms with E-state index in [0.29, 0.717) is 6.04 Å². The van der Waals surface area contributed by atoms with Crippen molar-refractivity contribution >= 4 is 0 Å². The summed E-state index contributed by atoms with van der Waals surface area (Å²) in [5, 5.41) is 3.60. The maximum atomic E-state index is 5.74. The molecule has 2 unspecified atom stereocenters. The minimum atomic E-state index is 0.613. The van der Waals surface area contributed by atoms with Crippen molar-refractivity contribution in [3.8, 4) is 5.75 Å². The zero-order valence-electron chi connectivity index (χ0n) is 12.7. The van der Waals surface area contributed by atoms with E-state index in [-0.39, 0.29) is 0 Å². The first-order valence-electron chi connectivity index (χ1n) is 7.69. The van der Waals surface area contributed by atoms with E-state index in [1.807, 2.05) is 30.3 Å². The van der Waals surface area contributed by atoms with Crippen LogP contribution in [0.25, 0.3) is 0 Å². The van der Waals surface area contributed by atoms with Crippen LogP contribution in [0.1, 0.15) is 46.5 Å². The molecule has 0 saturated carbocycles. The first-order valence-corrected chi connectivity index (χ1v) is 7.69. The summed E-state index contributed by atoms with van der Waals surface area (Å²) in [5.41, 5.74) is 0. The highest BCUT2D eigenvalue weighted by atomic mass is 16.5. The van der Waals surface area contributed by atoms with Crippen LogP contribution in [0.3, 0.4) is 0 Å². The van der Waals surface area contributed by atoms with Gasteiger partial charge in [-0.25, -0.2) is 0 Å². The van der Waals surface area contributed by atoms with E-state index in [1.165, 1.54) is 19.3 Å². The van der Waals surface area contributed by atoms with Gasteiger partial charge in [0.15, 0.2) is 0 Å². The lowest BCUT2D eigenvalue weighted by Gasteiger charge is -2.23. The summed E-state index contributed by atoms with van der Waals surface area (Å²) >= 11 is 0. The van der Waals surface area contributed by atoms with Crippen LogP contribution in [0.15, 0.2) is 30.3 Å². The monoisotopic (exact) mass is 263 g/mol. The van der Waals surface area contributed by atoms with Gasteiger partial charge in [0.2, 0.25) is 0 Å². The number of rotatable bonds is 10. The lowest BCUT2D eigenvalue weighted by Crippen LogP contribution is -2.34. The third kappa shape index (κ3) is 6.63. The molecule has 0 saturated heterocycles. The molecule has 0 radical (unpaired) electrons. The van der Waals surface area contributed by atoms with Crippen LogP contribution in [0.4, 0.5) is 0 Å². The zero-order chi connectivity index (χ0) is 13.9. The number of benzene rings is 1. The molecule has 0 spiro atoms. The molecule has 0 heterocycles. The van der Waals surface area contributed by atoms with Gasteiger partial charge in [-0.1, -0.05) is 38.5 Å². The Balaban J connectivity index is 2.18. The fourth-order valence-electron chi connectivity index (χ4n) is 2.40. The zero-order valence-corrected chi connectivity index (χ0v) is 12.7. The topological polar surface area (TPSA) is 21.3 Å². The first kappa shape index (κ1) is 16.0. The molecule has 0 fully saturated rings. The highest BCUT2D eigenvalue weighted by Crippen LogP contribution is 2.16. The molecule has 2 heteroatoms. The van der Waals surface area contributed by atoms with Gasteiger partial charge in [-0.3, -0.25) is 0 Å². The molecule has 2 atom stereocenters. The minimum Gasteiger partial charge on any atom is -0.494 e. The minimum absolute atomic E-state index is 0.613. The first-order chi connectivity index (χ1) is 9.27. The van der Waals surface area contributed by atoms with Crippen molar-refractivity contribution in [2.45, 2.75) is 52.5 Å². The second kappa shape index (κ2) is 9.85. The summed E-state index contributed by atoms with van der Waals surface area (Å²) in [6.45, 7) is 8.75. The number of hydrogen-bond acceptors (Lipinski definition) is 2. The molecule has 0 aliphatic heterocycles. The second-order valence-corrected chi connectivity index (χ2v) is 5.21. The summed E-state index contributed by atoms with van der Waals surface area (Å²) in [6.07, 6.45) is 4.81. The Hall–Kier alpha value is -1.02. The molecule has 0 aliphatic carbocycles. The van der Waals surface area contributed by atoms with E-state index in [2.05, 4.69) is 26.1 Å². The Bertz CT molecular complexity index is 312. The third-order valence-electron chi connectivity index (χ3n) is 3.68. The fourth-order valence-corrected chi connectivity index (χ4v) is 2.40. The maximum Gasteiger partial charge on any atom is 0.119 e. The van der Waals surface area contributed by atoms with Gasteiger partial charge in [0.05, 0.1) is 6.61 Å². The highest BCUT2D eigenvalue weighted by Gasteiger charge is 2.14. The largest absolute Gasteiger partial charge is 0.494 e. The van der Waals surface area contributed by atoms with Crippen LogP contribution < -0.4 is 10.1 Å². The molecule has 1 N–H and O–H groups in total. The van der Waals surface area contributed by atoms with Crippen LogP contribution in [0.2, 0.25) is 0 Å². The summed E-state index contributed by atoms with van der Waals surface area (Å²) in [5.74, 6) is 1.73. The Morgan fingerprint density at radius 2 is 1.89 bits per heavy atom. The number of ether oxygens (including phenoxy) is 1. The highest BCUT2D eigenvalue weighted by molar-refractivity contribution is 5.20. The van der Waals surface area contributed by atoms with Gasteiger partial charge in [-0.2, -0.15) is 0 Å². The SMILES string of the molecule is CCCNC(C)C(CC)CCCOc1ccccc1. The van der Waals surface area contributed by atoms with Crippen LogP contribution in [0.5, 0.6) is 5.75 Å². The summed E-state index contributed by atoms with van der Waals surface area (Å²) in [7, 11) is 0. The van der Waals surface area contributed by atoms with Crippen molar-refractivity contribution in [2.75, 3.05) is 13.2 Å². The summed E-state index contributed by atoms with van der Waals surface area (Å²) in [6, 6.07) is 10.7. The Labute approximate surface area is 118 Å². The van der Waals surface area contributed by atoms with Gasteiger partial charge in [0.1, 0.15) is 5.75 Å². The van der Waals surface area contributed by atoms with E-state index < -0.39 is 0 Å². The molecule has 0 aromatic heterocycles. The van der Waals surface area contributed by atoms with Gasteiger partial charge >= 0.3 is 0 Å². The Morgan fingerprint density at radius 1 is 1.16 bits per heavy atom. The Kier molecular flexibility index (Phi) is 8.31. The molecule has 1 aromatic carbocycles. The average molecular weight is 263 g/mol. The van der Waals surface area contributed by atoms with Gasteiger partial charge < -0.3 is 10.1 Å². The molecular weight excluding hydrogens is 234 g/mol. The average Bonchev–Trinajstić information content (AvgIpc) is 2.46. The van der Waals surface area contributed by atoms with Crippen LogP contribution in [0, 0.1) is 5.92 Å². The predicted octanol–water partition coefficient (Wildman–Crippen LogP) is 4.26. The number of hydrogen-bond donors (Lipinski definition) is 1. The van der Waals surface area contributed by atoms with Crippen molar-refractivity contribution in [3.63, 3.8) is 0 Å². The van der Waals surface area contributed by atoms with Crippen LogP contribution >= 0.6 is 0 Å². The van der Waals surface area contributed by atoms with E-state index in [4.69, 9.17) is 4.74 Å². The van der Waals surface area contributed by atoms with E-state index in [1.54, 1.807) is 0 Å². The predicted molar refractivity (Wildman–Crippen MR) is 82.7 cm³/mol. The van der Waals surface area contributed by atoms with Crippen molar-refractivity contribution < 1.29 is 4.74 Å². The normalized spacial score (nSPS) is 14.1. The lowest BCUT2D eigenvalue weighted by molar-refractivity contribution is 0.270. The summed E-state index contributed by atoms with van der Waals surface area (Å²) < 4.78 is 5.74. The smallest absolute Gasteiger partial charge is 0.119 e. The molecule has 1 aromatic rings. The van der Waals surface area contributed by atoms with Gasteiger partial charge in [0.25, 0.3) is 0 Å². The Morgan fingerprint density at radius 3 is 2.53 bits per heavy atom. The van der Waals surface area contributed by atoms with Crippen LogP contribution in [-0.4, -0.2) is 19.2 Å². The molecule has 0 aliphatic rings. The number of para-hydroxylation sites is 1. The standard InChI is InChI=1S/C17H29NO/c1-4-13-18-15(3)16(5-2)10-9-14-19-17-11-7-6-8-12-17/h6-8,11-12,15-16,18H,4-5,9-10,13-14H2,1-3H3. The molecular formula is C17H29NO. The van der Waals surface area contributed by atoms with Gasteiger partial charge in [0, 0.05) is 6.04 Å². The molecule has 0 amide bonds.